The lowest BCUT2D eigenvalue weighted by atomic mass is 9.92. The Kier molecular flexibility index (Phi) is 6.08. The molecule has 1 saturated heterocycles. The molecule has 2 aliphatic rings. The summed E-state index contributed by atoms with van der Waals surface area (Å²) in [6.07, 6.45) is 0.795. The maximum Gasteiger partial charge on any atom is 0.266 e. The quantitative estimate of drug-likeness (QED) is 0.741. The summed E-state index contributed by atoms with van der Waals surface area (Å²) in [7, 11) is 0. The molecule has 0 aliphatic carbocycles. The SMILES string of the molecule is CC(C)(C)c1ccc(=O)n(CCN2CCN(c3nc4c(cc3C#N)COCC4)CC2)n1. The average molecular weight is 423 g/mol. The first-order valence-electron chi connectivity index (χ1n) is 10.9. The highest BCUT2D eigenvalue weighted by atomic mass is 16.5. The third-order valence-corrected chi connectivity index (χ3v) is 5.97. The second kappa shape index (κ2) is 8.77. The van der Waals surface area contributed by atoms with E-state index in [0.717, 1.165) is 61.9 Å². The lowest BCUT2D eigenvalue weighted by Crippen LogP contribution is -2.48. The summed E-state index contributed by atoms with van der Waals surface area (Å²) in [5, 5.41) is 14.2. The van der Waals surface area contributed by atoms with Crippen LogP contribution < -0.4 is 10.5 Å². The Morgan fingerprint density at radius 2 is 1.94 bits per heavy atom. The van der Waals surface area contributed by atoms with Crippen LogP contribution in [-0.2, 0) is 29.7 Å². The Bertz CT molecular complexity index is 1040. The molecule has 31 heavy (non-hydrogen) atoms. The van der Waals surface area contributed by atoms with Crippen LogP contribution in [0.25, 0.3) is 0 Å². The lowest BCUT2D eigenvalue weighted by Gasteiger charge is -2.36. The summed E-state index contributed by atoms with van der Waals surface area (Å²) in [6.45, 7) is 12.2. The number of fused-ring (bicyclic) bond motifs is 1. The van der Waals surface area contributed by atoms with Crippen LogP contribution in [0.15, 0.2) is 23.0 Å². The van der Waals surface area contributed by atoms with E-state index in [4.69, 9.17) is 9.72 Å². The molecule has 1 fully saturated rings. The monoisotopic (exact) mass is 422 g/mol. The van der Waals surface area contributed by atoms with Crippen molar-refractivity contribution in [3.63, 3.8) is 0 Å². The molecular formula is C23H30N6O2. The number of aromatic nitrogens is 3. The number of piperazine rings is 1. The first-order valence-corrected chi connectivity index (χ1v) is 10.9. The van der Waals surface area contributed by atoms with Crippen molar-refractivity contribution >= 4 is 5.82 Å². The number of pyridine rings is 1. The summed E-state index contributed by atoms with van der Waals surface area (Å²) >= 11 is 0. The van der Waals surface area contributed by atoms with Gasteiger partial charge in [-0.3, -0.25) is 9.69 Å². The fraction of sp³-hybridized carbons (Fsp3) is 0.565. The number of hydrogen-bond acceptors (Lipinski definition) is 7. The van der Waals surface area contributed by atoms with Gasteiger partial charge in [-0.05, 0) is 12.1 Å². The molecule has 4 heterocycles. The van der Waals surface area contributed by atoms with Gasteiger partial charge in [0.2, 0.25) is 0 Å². The van der Waals surface area contributed by atoms with Gasteiger partial charge in [-0.1, -0.05) is 20.8 Å². The van der Waals surface area contributed by atoms with E-state index in [1.165, 1.54) is 0 Å². The first-order chi connectivity index (χ1) is 14.8. The second-order valence-corrected chi connectivity index (χ2v) is 9.24. The van der Waals surface area contributed by atoms with Gasteiger partial charge >= 0.3 is 0 Å². The van der Waals surface area contributed by atoms with Gasteiger partial charge in [-0.15, -0.1) is 0 Å². The van der Waals surface area contributed by atoms with Gasteiger partial charge in [-0.25, -0.2) is 9.67 Å². The predicted octanol–water partition coefficient (Wildman–Crippen LogP) is 1.70. The second-order valence-electron chi connectivity index (χ2n) is 9.24. The fourth-order valence-electron chi connectivity index (χ4n) is 4.03. The van der Waals surface area contributed by atoms with Crippen LogP contribution in [0.2, 0.25) is 0 Å². The van der Waals surface area contributed by atoms with Gasteiger partial charge in [0.25, 0.3) is 5.56 Å². The third kappa shape index (κ3) is 4.78. The zero-order chi connectivity index (χ0) is 22.0. The van der Waals surface area contributed by atoms with Crippen molar-refractivity contribution in [2.24, 2.45) is 0 Å². The Hall–Kier alpha value is -2.76. The minimum atomic E-state index is -0.0898. The molecule has 0 spiro atoms. The molecule has 2 aromatic rings. The fourth-order valence-corrected chi connectivity index (χ4v) is 4.03. The topological polar surface area (TPSA) is 87.3 Å². The molecule has 0 radical (unpaired) electrons. The average Bonchev–Trinajstić information content (AvgIpc) is 2.77. The highest BCUT2D eigenvalue weighted by molar-refractivity contribution is 5.56. The first kappa shape index (κ1) is 21.5. The minimum Gasteiger partial charge on any atom is -0.376 e. The van der Waals surface area contributed by atoms with Crippen LogP contribution in [0.3, 0.4) is 0 Å². The summed E-state index contributed by atoms with van der Waals surface area (Å²) in [5.74, 6) is 0.790. The van der Waals surface area contributed by atoms with Crippen molar-refractivity contribution in [2.45, 2.75) is 45.8 Å². The van der Waals surface area contributed by atoms with Crippen molar-refractivity contribution < 1.29 is 4.74 Å². The molecule has 0 bridgehead atoms. The van der Waals surface area contributed by atoms with Crippen molar-refractivity contribution in [3.05, 3.63) is 51.1 Å². The van der Waals surface area contributed by atoms with E-state index >= 15 is 0 Å². The number of rotatable bonds is 4. The molecule has 2 aliphatic heterocycles. The summed E-state index contributed by atoms with van der Waals surface area (Å²) in [5.41, 5.74) is 3.46. The van der Waals surface area contributed by atoms with Crippen molar-refractivity contribution in [2.75, 3.05) is 44.2 Å². The van der Waals surface area contributed by atoms with E-state index in [2.05, 4.69) is 41.7 Å². The molecule has 8 heteroatoms. The van der Waals surface area contributed by atoms with Gasteiger partial charge in [0, 0.05) is 56.2 Å². The maximum absolute atomic E-state index is 12.2. The maximum atomic E-state index is 12.2. The zero-order valence-corrected chi connectivity index (χ0v) is 18.6. The van der Waals surface area contributed by atoms with Crippen LogP contribution in [0.5, 0.6) is 0 Å². The molecule has 0 aromatic carbocycles. The molecule has 0 unspecified atom stereocenters. The van der Waals surface area contributed by atoms with E-state index in [1.54, 1.807) is 10.7 Å². The van der Waals surface area contributed by atoms with Crippen molar-refractivity contribution in [1.29, 1.82) is 5.26 Å². The smallest absolute Gasteiger partial charge is 0.266 e. The summed E-state index contributed by atoms with van der Waals surface area (Å²) in [4.78, 5) is 21.6. The molecule has 164 valence electrons. The van der Waals surface area contributed by atoms with Gasteiger partial charge in [0.15, 0.2) is 0 Å². The van der Waals surface area contributed by atoms with E-state index in [0.29, 0.717) is 25.3 Å². The Balaban J connectivity index is 1.39. The van der Waals surface area contributed by atoms with Crippen molar-refractivity contribution in [3.8, 4) is 6.07 Å². The molecule has 8 nitrogen and oxygen atoms in total. The normalized spacial score (nSPS) is 17.3. The molecule has 2 aromatic heterocycles. The molecule has 0 amide bonds. The van der Waals surface area contributed by atoms with Crippen LogP contribution in [0, 0.1) is 11.3 Å². The summed E-state index contributed by atoms with van der Waals surface area (Å²) < 4.78 is 7.07. The molecule has 0 atom stereocenters. The Morgan fingerprint density at radius 1 is 1.16 bits per heavy atom. The lowest BCUT2D eigenvalue weighted by molar-refractivity contribution is 0.109. The predicted molar refractivity (Wildman–Crippen MR) is 118 cm³/mol. The number of hydrogen-bond donors (Lipinski definition) is 0. The van der Waals surface area contributed by atoms with Crippen LogP contribution >= 0.6 is 0 Å². The Morgan fingerprint density at radius 3 is 2.65 bits per heavy atom. The van der Waals surface area contributed by atoms with Crippen molar-refractivity contribution in [1.82, 2.24) is 19.7 Å². The number of nitrogens with zero attached hydrogens (tertiary/aromatic N) is 6. The summed E-state index contributed by atoms with van der Waals surface area (Å²) in [6, 6.07) is 7.67. The zero-order valence-electron chi connectivity index (χ0n) is 18.6. The number of nitriles is 1. The van der Waals surface area contributed by atoms with E-state index in [-0.39, 0.29) is 11.0 Å². The van der Waals surface area contributed by atoms with Crippen LogP contribution in [0.4, 0.5) is 5.82 Å². The van der Waals surface area contributed by atoms with Crippen LogP contribution in [0.1, 0.15) is 43.3 Å². The van der Waals surface area contributed by atoms with E-state index in [1.807, 2.05) is 12.1 Å². The molecule has 0 N–H and O–H groups in total. The van der Waals surface area contributed by atoms with E-state index in [9.17, 15) is 10.1 Å². The number of ether oxygens (including phenoxy) is 1. The highest BCUT2D eigenvalue weighted by Gasteiger charge is 2.23. The standard InChI is InChI=1S/C23H30N6O2/c1-23(2,3)20-4-5-21(30)29(26-20)12-9-27-7-10-28(11-8-27)22-17(15-24)14-18-16-31-13-6-19(18)25-22/h4-5,14H,6-13,16H2,1-3H3. The van der Waals surface area contributed by atoms with Gasteiger partial charge < -0.3 is 9.64 Å². The highest BCUT2D eigenvalue weighted by Crippen LogP contribution is 2.25. The largest absolute Gasteiger partial charge is 0.376 e. The number of anilines is 1. The molecular weight excluding hydrogens is 392 g/mol. The third-order valence-electron chi connectivity index (χ3n) is 5.97. The van der Waals surface area contributed by atoms with Gasteiger partial charge in [-0.2, -0.15) is 10.4 Å². The van der Waals surface area contributed by atoms with Crippen LogP contribution in [-0.4, -0.2) is 59.0 Å². The minimum absolute atomic E-state index is 0.0625. The molecule has 0 saturated carbocycles. The van der Waals surface area contributed by atoms with E-state index < -0.39 is 0 Å². The van der Waals surface area contributed by atoms with Gasteiger partial charge in [0.1, 0.15) is 11.9 Å². The van der Waals surface area contributed by atoms with Gasteiger partial charge in [0.05, 0.1) is 36.7 Å². The Labute approximate surface area is 183 Å². The molecule has 4 rings (SSSR count).